The van der Waals surface area contributed by atoms with Gasteiger partial charge in [0.05, 0.1) is 11.2 Å². The Morgan fingerprint density at radius 3 is 3.12 bits per heavy atom. The molecular formula is C21H24ClFN6O3. The number of carbonyl (C=O) groups is 1. The van der Waals surface area contributed by atoms with Gasteiger partial charge in [-0.25, -0.2) is 19.3 Å². The Bertz CT molecular complexity index is 1110. The van der Waals surface area contributed by atoms with Gasteiger partial charge < -0.3 is 25.0 Å². The first-order valence-corrected chi connectivity index (χ1v) is 10.8. The van der Waals surface area contributed by atoms with Crippen molar-refractivity contribution in [1.29, 1.82) is 0 Å². The van der Waals surface area contributed by atoms with Crippen molar-refractivity contribution in [2.75, 3.05) is 31.6 Å². The quantitative estimate of drug-likeness (QED) is 0.462. The summed E-state index contributed by atoms with van der Waals surface area (Å²) in [5, 5.41) is 13.5. The maximum absolute atomic E-state index is 14.4. The van der Waals surface area contributed by atoms with Crippen LogP contribution in [0.4, 0.5) is 10.2 Å². The monoisotopic (exact) mass is 462 g/mol. The third-order valence-corrected chi connectivity index (χ3v) is 5.57. The molecule has 1 aliphatic heterocycles. The van der Waals surface area contributed by atoms with Crippen LogP contribution >= 0.6 is 11.6 Å². The molecule has 0 saturated carbocycles. The van der Waals surface area contributed by atoms with Crippen molar-refractivity contribution in [3.63, 3.8) is 0 Å². The molecule has 3 N–H and O–H groups in total. The molecular weight excluding hydrogens is 439 g/mol. The molecule has 1 saturated heterocycles. The molecule has 3 aromatic rings. The highest BCUT2D eigenvalue weighted by atomic mass is 35.5. The molecule has 32 heavy (non-hydrogen) atoms. The number of amides is 1. The third kappa shape index (κ3) is 5.14. The first-order valence-electron chi connectivity index (χ1n) is 10.4. The first kappa shape index (κ1) is 22.4. The Labute approximate surface area is 189 Å². The normalized spacial score (nSPS) is 17.5. The molecule has 1 amide bonds. The fraction of sp³-hybridized carbons (Fsp3) is 0.429. The maximum Gasteiger partial charge on any atom is 0.248 e. The zero-order valence-electron chi connectivity index (χ0n) is 17.5. The molecule has 0 spiro atoms. The summed E-state index contributed by atoms with van der Waals surface area (Å²) in [4.78, 5) is 29.7. The Morgan fingerprint density at radius 1 is 1.47 bits per heavy atom. The van der Waals surface area contributed by atoms with Gasteiger partial charge in [0.25, 0.3) is 0 Å². The highest BCUT2D eigenvalue weighted by Crippen LogP contribution is 2.28. The number of hydrogen-bond donors (Lipinski definition) is 3. The number of likely N-dealkylation sites (tertiary alicyclic amines) is 1. The van der Waals surface area contributed by atoms with Crippen LogP contribution in [-0.4, -0.2) is 68.4 Å². The van der Waals surface area contributed by atoms with Crippen LogP contribution in [0.25, 0.3) is 22.4 Å². The molecule has 0 aromatic carbocycles. The van der Waals surface area contributed by atoms with E-state index in [0.29, 0.717) is 41.7 Å². The predicted octanol–water partition coefficient (Wildman–Crippen LogP) is 2.82. The number of aliphatic hydroxyl groups is 1. The molecule has 3 aromatic heterocycles. The van der Waals surface area contributed by atoms with Gasteiger partial charge in [0, 0.05) is 43.0 Å². The van der Waals surface area contributed by atoms with Crippen molar-refractivity contribution in [2.45, 2.75) is 26.1 Å². The maximum atomic E-state index is 14.4. The summed E-state index contributed by atoms with van der Waals surface area (Å²) in [7, 11) is 0. The number of ether oxygens (including phenoxy) is 1. The Kier molecular flexibility index (Phi) is 6.83. The molecule has 0 aliphatic carbocycles. The van der Waals surface area contributed by atoms with E-state index >= 15 is 0 Å². The van der Waals surface area contributed by atoms with E-state index in [1.54, 1.807) is 17.2 Å². The van der Waals surface area contributed by atoms with Gasteiger partial charge in [-0.15, -0.1) is 0 Å². The van der Waals surface area contributed by atoms with Gasteiger partial charge in [-0.05, 0) is 31.7 Å². The number of fused-ring (bicyclic) bond motifs is 1. The second-order valence-corrected chi connectivity index (χ2v) is 8.22. The summed E-state index contributed by atoms with van der Waals surface area (Å²) in [5.74, 6) is -0.148. The number of hydrogen-bond acceptors (Lipinski definition) is 7. The van der Waals surface area contributed by atoms with Gasteiger partial charge >= 0.3 is 0 Å². The number of rotatable bonds is 7. The molecule has 9 nitrogen and oxygen atoms in total. The van der Waals surface area contributed by atoms with Crippen LogP contribution in [-0.2, 0) is 9.53 Å². The minimum absolute atomic E-state index is 0.0974. The summed E-state index contributed by atoms with van der Waals surface area (Å²) in [6.45, 7) is 2.92. The standard InChI is InChI=1S/C21H24ClFN6O3/c1-12(30)32-11-18(31)29-4-2-3-13(10-29)6-24-21-17(23)9-27-20(28-21)16-8-26-19-15(16)5-14(22)7-25-19/h5,7-9,12-13,30H,2-4,6,10-11H2,1H3,(H,25,26)(H,24,27,28)/t12?,13-/m1/s1. The topological polar surface area (TPSA) is 116 Å². The van der Waals surface area contributed by atoms with Crippen LogP contribution in [0.15, 0.2) is 24.7 Å². The lowest BCUT2D eigenvalue weighted by atomic mass is 9.98. The SMILES string of the molecule is CC(O)OCC(=O)N1CCC[C@H](CNc2nc(-c3c[nH]c4ncc(Cl)cc34)ncc2F)C1. The van der Waals surface area contributed by atoms with E-state index in [1.165, 1.54) is 13.1 Å². The summed E-state index contributed by atoms with van der Waals surface area (Å²) < 4.78 is 19.4. The van der Waals surface area contributed by atoms with E-state index in [0.717, 1.165) is 24.4 Å². The van der Waals surface area contributed by atoms with E-state index in [-0.39, 0.29) is 24.2 Å². The number of aliphatic hydroxyl groups excluding tert-OH is 1. The smallest absolute Gasteiger partial charge is 0.248 e. The number of carbonyl (C=O) groups excluding carboxylic acids is 1. The van der Waals surface area contributed by atoms with E-state index in [9.17, 15) is 14.3 Å². The lowest BCUT2D eigenvalue weighted by Gasteiger charge is -2.33. The molecule has 1 unspecified atom stereocenters. The fourth-order valence-corrected chi connectivity index (χ4v) is 3.92. The van der Waals surface area contributed by atoms with Crippen LogP contribution < -0.4 is 5.32 Å². The molecule has 0 bridgehead atoms. The zero-order chi connectivity index (χ0) is 22.7. The zero-order valence-corrected chi connectivity index (χ0v) is 18.3. The van der Waals surface area contributed by atoms with E-state index in [4.69, 9.17) is 16.3 Å². The van der Waals surface area contributed by atoms with Crippen molar-refractivity contribution < 1.29 is 19.0 Å². The van der Waals surface area contributed by atoms with Crippen molar-refractivity contribution >= 4 is 34.4 Å². The number of piperidine rings is 1. The van der Waals surface area contributed by atoms with Gasteiger partial charge in [-0.2, -0.15) is 0 Å². The molecule has 11 heteroatoms. The molecule has 0 radical (unpaired) electrons. The van der Waals surface area contributed by atoms with Crippen LogP contribution in [0.3, 0.4) is 0 Å². The highest BCUT2D eigenvalue weighted by Gasteiger charge is 2.24. The second-order valence-electron chi connectivity index (χ2n) is 7.78. The number of aromatic nitrogens is 4. The van der Waals surface area contributed by atoms with E-state index < -0.39 is 12.1 Å². The Hall–Kier alpha value is -2.82. The number of anilines is 1. The van der Waals surface area contributed by atoms with Crippen molar-refractivity contribution in [3.05, 3.63) is 35.5 Å². The van der Waals surface area contributed by atoms with Crippen molar-refractivity contribution in [3.8, 4) is 11.4 Å². The number of aromatic amines is 1. The fourth-order valence-electron chi connectivity index (χ4n) is 3.77. The summed E-state index contributed by atoms with van der Waals surface area (Å²) in [6.07, 6.45) is 5.14. The molecule has 4 rings (SSSR count). The van der Waals surface area contributed by atoms with Crippen LogP contribution in [0.1, 0.15) is 19.8 Å². The molecule has 1 fully saturated rings. The van der Waals surface area contributed by atoms with Crippen molar-refractivity contribution in [2.24, 2.45) is 5.92 Å². The number of nitrogens with one attached hydrogen (secondary N) is 2. The number of pyridine rings is 1. The van der Waals surface area contributed by atoms with Gasteiger partial charge in [-0.3, -0.25) is 4.79 Å². The molecule has 4 heterocycles. The van der Waals surface area contributed by atoms with Crippen LogP contribution in [0.5, 0.6) is 0 Å². The lowest BCUT2D eigenvalue weighted by Crippen LogP contribution is -2.43. The number of nitrogens with zero attached hydrogens (tertiary/aromatic N) is 4. The summed E-state index contributed by atoms with van der Waals surface area (Å²) >= 11 is 6.06. The number of halogens is 2. The average molecular weight is 463 g/mol. The third-order valence-electron chi connectivity index (χ3n) is 5.36. The predicted molar refractivity (Wildman–Crippen MR) is 118 cm³/mol. The van der Waals surface area contributed by atoms with Crippen LogP contribution in [0.2, 0.25) is 5.02 Å². The number of H-pyrrole nitrogens is 1. The minimum atomic E-state index is -0.986. The summed E-state index contributed by atoms with van der Waals surface area (Å²) in [6, 6.07) is 1.75. The Balaban J connectivity index is 1.43. The van der Waals surface area contributed by atoms with E-state index in [2.05, 4.69) is 25.3 Å². The lowest BCUT2D eigenvalue weighted by molar-refractivity contribution is -0.149. The van der Waals surface area contributed by atoms with E-state index in [1.807, 2.05) is 0 Å². The molecule has 1 aliphatic rings. The molecule has 170 valence electrons. The molecule has 2 atom stereocenters. The second kappa shape index (κ2) is 9.76. The minimum Gasteiger partial charge on any atom is -0.368 e. The Morgan fingerprint density at radius 2 is 2.31 bits per heavy atom. The van der Waals surface area contributed by atoms with Gasteiger partial charge in [0.2, 0.25) is 5.91 Å². The van der Waals surface area contributed by atoms with Gasteiger partial charge in [0.15, 0.2) is 23.7 Å². The van der Waals surface area contributed by atoms with Crippen molar-refractivity contribution in [1.82, 2.24) is 24.8 Å². The van der Waals surface area contributed by atoms with Gasteiger partial charge in [-0.1, -0.05) is 11.6 Å². The van der Waals surface area contributed by atoms with Gasteiger partial charge in [0.1, 0.15) is 12.3 Å². The average Bonchev–Trinajstić information content (AvgIpc) is 3.20. The van der Waals surface area contributed by atoms with Crippen LogP contribution in [0, 0.1) is 11.7 Å². The first-order chi connectivity index (χ1) is 15.4. The highest BCUT2D eigenvalue weighted by molar-refractivity contribution is 6.31. The largest absolute Gasteiger partial charge is 0.368 e. The summed E-state index contributed by atoms with van der Waals surface area (Å²) in [5.41, 5.74) is 1.31.